The molecule has 3 heterocycles. The minimum absolute atomic E-state index is 0.00572. The second-order valence-electron chi connectivity index (χ2n) is 32.9. The molecule has 105 heavy (non-hydrogen) atoms. The molecule has 6 fully saturated rings. The molecular formula is C77H125F3N12O13. The van der Waals surface area contributed by atoms with E-state index in [4.69, 9.17) is 4.74 Å². The molecule has 7 aliphatic rings. The average molecular weight is 1480 g/mol. The van der Waals surface area contributed by atoms with Crippen molar-refractivity contribution in [2.24, 2.45) is 46.8 Å². The van der Waals surface area contributed by atoms with Crippen molar-refractivity contribution in [1.82, 2.24) is 60.0 Å². The van der Waals surface area contributed by atoms with E-state index in [1.165, 1.54) is 93.5 Å². The number of rotatable bonds is 13. The minimum Gasteiger partial charge on any atom is -0.381 e. The number of hydrogen-bond donors (Lipinski definition) is 3. The summed E-state index contributed by atoms with van der Waals surface area (Å²) in [5.41, 5.74) is -2.10. The molecule has 25 nitrogen and oxygen atoms in total. The third kappa shape index (κ3) is 20.5. The number of likely N-dealkylation sites (N-methyl/N-ethyl adjacent to an activating group) is 7. The number of carbonyl (C=O) groups is 12. The van der Waals surface area contributed by atoms with Crippen molar-refractivity contribution in [1.29, 1.82) is 0 Å². The third-order valence-corrected chi connectivity index (χ3v) is 24.6. The zero-order chi connectivity index (χ0) is 77.9. The number of halogens is 3. The van der Waals surface area contributed by atoms with Crippen molar-refractivity contribution in [3.05, 3.63) is 12.2 Å². The molecule has 1 spiro atoms. The fourth-order valence-corrected chi connectivity index (χ4v) is 18.1. The second kappa shape index (κ2) is 36.8. The van der Waals surface area contributed by atoms with Gasteiger partial charge < -0.3 is 64.8 Å². The van der Waals surface area contributed by atoms with Crippen LogP contribution in [-0.4, -0.2) is 270 Å². The van der Waals surface area contributed by atoms with Gasteiger partial charge in [0.2, 0.25) is 70.9 Å². The summed E-state index contributed by atoms with van der Waals surface area (Å²) < 4.78 is 48.3. The first kappa shape index (κ1) is 85.4. The molecule has 592 valence electrons. The molecule has 3 unspecified atom stereocenters. The third-order valence-electron chi connectivity index (χ3n) is 24.6. The molecule has 4 saturated carbocycles. The van der Waals surface area contributed by atoms with E-state index in [1.54, 1.807) is 33.8 Å². The number of alkyl halides is 3. The SMILES string of the molecule is CC[C@H](C)[C@@H]1NC(=O)[C@H](CC)N(C)C(=O)C[C@@H](C(=O)N(CC)CC)N(C)C(=O)[C@H](C2CCCC2)N(C)C(=O)C2(CC(C)(C)C2)NC(=O)[C@@H]2C[C@@H](C)CN2C(=O)[C@H](CCC2CCC(C(F)(F)F)C(OC)C2)NC(=O)CN(C)C(=O)[C@H](CC2CCC(C)CC2)N2CC/C=C\C[C@@H](C2=O)N(C)C(=O)CN(C)C1=O. The summed E-state index contributed by atoms with van der Waals surface area (Å²) in [6.45, 7) is 16.2. The lowest BCUT2D eigenvalue weighted by Crippen LogP contribution is -2.71. The number of nitrogens with one attached hydrogen (secondary N) is 3. The molecule has 12 amide bonds. The van der Waals surface area contributed by atoms with Gasteiger partial charge in [-0.15, -0.1) is 0 Å². The summed E-state index contributed by atoms with van der Waals surface area (Å²) in [5.74, 6) is -10.3. The molecule has 3 N–H and O–H groups in total. The number of hydrogen-bond acceptors (Lipinski definition) is 13. The Labute approximate surface area is 621 Å². The maximum Gasteiger partial charge on any atom is 0.394 e. The Hall–Kier alpha value is -6.87. The topological polar surface area (TPSA) is 279 Å². The van der Waals surface area contributed by atoms with Crippen LogP contribution in [0.25, 0.3) is 0 Å². The van der Waals surface area contributed by atoms with Crippen molar-refractivity contribution in [2.75, 3.05) is 88.7 Å². The summed E-state index contributed by atoms with van der Waals surface area (Å²) in [4.78, 5) is 194. The van der Waals surface area contributed by atoms with Gasteiger partial charge in [-0.2, -0.15) is 13.2 Å². The predicted octanol–water partition coefficient (Wildman–Crippen LogP) is 6.55. The summed E-state index contributed by atoms with van der Waals surface area (Å²) in [6.07, 6.45) is 4.96. The number of ether oxygens (including phenoxy) is 1. The van der Waals surface area contributed by atoms with E-state index in [-0.39, 0.29) is 115 Å². The van der Waals surface area contributed by atoms with Gasteiger partial charge in [-0.25, -0.2) is 0 Å². The predicted molar refractivity (Wildman–Crippen MR) is 389 cm³/mol. The average Bonchev–Trinajstić information content (AvgIpc) is 1.46. The molecule has 4 aliphatic carbocycles. The number of carbonyl (C=O) groups excluding carboxylic acids is 12. The Morgan fingerprint density at radius 3 is 1.88 bits per heavy atom. The van der Waals surface area contributed by atoms with Gasteiger partial charge in [0.05, 0.1) is 31.5 Å². The van der Waals surface area contributed by atoms with Crippen LogP contribution in [0, 0.1) is 46.8 Å². The number of methoxy groups -OCH3 is 1. The zero-order valence-corrected chi connectivity index (χ0v) is 65.7. The normalized spacial score (nSPS) is 32.1. The van der Waals surface area contributed by atoms with Gasteiger partial charge >= 0.3 is 6.18 Å². The van der Waals surface area contributed by atoms with E-state index in [2.05, 4.69) is 22.9 Å². The van der Waals surface area contributed by atoms with E-state index in [1.807, 2.05) is 33.8 Å². The van der Waals surface area contributed by atoms with Crippen LogP contribution in [0.4, 0.5) is 13.2 Å². The fourth-order valence-electron chi connectivity index (χ4n) is 18.1. The molecule has 0 aromatic carbocycles. The van der Waals surface area contributed by atoms with Gasteiger partial charge in [0.25, 0.3) is 0 Å². The highest BCUT2D eigenvalue weighted by Crippen LogP contribution is 2.50. The summed E-state index contributed by atoms with van der Waals surface area (Å²) in [6, 6.07) is -9.84. The van der Waals surface area contributed by atoms with E-state index in [0.717, 1.165) is 38.5 Å². The first-order chi connectivity index (χ1) is 49.4. The Balaban J connectivity index is 1.32. The molecule has 28 heteroatoms. The smallest absolute Gasteiger partial charge is 0.381 e. The first-order valence-electron chi connectivity index (χ1n) is 39.0. The van der Waals surface area contributed by atoms with Crippen LogP contribution in [0.2, 0.25) is 0 Å². The largest absolute Gasteiger partial charge is 0.394 e. The second-order valence-corrected chi connectivity index (χ2v) is 32.9. The molecule has 0 radical (unpaired) electrons. The van der Waals surface area contributed by atoms with Gasteiger partial charge in [-0.3, -0.25) is 57.5 Å². The van der Waals surface area contributed by atoms with E-state index in [0.29, 0.717) is 31.6 Å². The lowest BCUT2D eigenvalue weighted by Gasteiger charge is -2.54. The Bertz CT molecular complexity index is 3130. The summed E-state index contributed by atoms with van der Waals surface area (Å²) in [5, 5.41) is 8.91. The Morgan fingerprint density at radius 2 is 1.29 bits per heavy atom. The highest BCUT2D eigenvalue weighted by atomic mass is 19.4. The van der Waals surface area contributed by atoms with Crippen LogP contribution in [0.15, 0.2) is 12.2 Å². The Morgan fingerprint density at radius 1 is 0.657 bits per heavy atom. The van der Waals surface area contributed by atoms with Crippen molar-refractivity contribution in [3.8, 4) is 0 Å². The zero-order valence-electron chi connectivity index (χ0n) is 65.7. The van der Waals surface area contributed by atoms with Crippen molar-refractivity contribution in [2.45, 2.75) is 270 Å². The lowest BCUT2D eigenvalue weighted by atomic mass is 9.58. The van der Waals surface area contributed by atoms with Crippen molar-refractivity contribution in [3.63, 3.8) is 0 Å². The van der Waals surface area contributed by atoms with E-state index < -0.39 is 180 Å². The molecule has 3 aliphatic heterocycles. The molecular weight excluding hydrogens is 1360 g/mol. The van der Waals surface area contributed by atoms with Gasteiger partial charge in [0.1, 0.15) is 53.9 Å². The maximum atomic E-state index is 15.8. The van der Waals surface area contributed by atoms with Crippen molar-refractivity contribution >= 4 is 70.9 Å². The summed E-state index contributed by atoms with van der Waals surface area (Å²) in [7, 11) is 9.91. The van der Waals surface area contributed by atoms with Gasteiger partial charge in [0, 0.05) is 75.6 Å². The highest BCUT2D eigenvalue weighted by Gasteiger charge is 2.59. The lowest BCUT2D eigenvalue weighted by molar-refractivity contribution is -0.215. The van der Waals surface area contributed by atoms with Crippen molar-refractivity contribution < 1.29 is 75.4 Å². The van der Waals surface area contributed by atoms with Gasteiger partial charge in [-0.1, -0.05) is 106 Å². The van der Waals surface area contributed by atoms with Crippen LogP contribution in [-0.2, 0) is 62.3 Å². The number of amides is 12. The number of nitrogens with zero attached hydrogens (tertiary/aromatic N) is 9. The van der Waals surface area contributed by atoms with Crippen LogP contribution < -0.4 is 16.0 Å². The summed E-state index contributed by atoms with van der Waals surface area (Å²) >= 11 is 0. The van der Waals surface area contributed by atoms with Crippen LogP contribution in [0.3, 0.4) is 0 Å². The van der Waals surface area contributed by atoms with Crippen LogP contribution in [0.5, 0.6) is 0 Å². The number of fused-ring (bicyclic) bond motifs is 3. The Kier molecular flexibility index (Phi) is 29.9. The molecule has 2 saturated heterocycles. The quantitative estimate of drug-likeness (QED) is 0.165. The molecule has 0 aromatic heterocycles. The first-order valence-corrected chi connectivity index (χ1v) is 39.0. The van der Waals surface area contributed by atoms with Gasteiger partial charge in [-0.05, 0) is 145 Å². The van der Waals surface area contributed by atoms with Crippen LogP contribution >= 0.6 is 0 Å². The van der Waals surface area contributed by atoms with Gasteiger partial charge in [0.15, 0.2) is 0 Å². The molecule has 7 rings (SSSR count). The van der Waals surface area contributed by atoms with Crippen LogP contribution in [0.1, 0.15) is 204 Å². The fraction of sp³-hybridized carbons (Fsp3) is 0.818. The molecule has 0 aromatic rings. The monoisotopic (exact) mass is 1480 g/mol. The van der Waals surface area contributed by atoms with E-state index in [9.17, 15) is 41.9 Å². The van der Waals surface area contributed by atoms with E-state index >= 15 is 28.8 Å². The minimum atomic E-state index is -4.51. The highest BCUT2D eigenvalue weighted by molar-refractivity contribution is 6.01. The molecule has 2 bridgehead atoms. The maximum absolute atomic E-state index is 15.8. The standard InChI is InChI=1S/C77H125F3N12O13/c1-17-49(7)64-72(102)85(11)44-63(95)87(13)56-28-22-21-25-37-91(71(56)101)59(39-50-31-29-47(5)30-32-50)69(99)84(10)43-61(93)81-54(36-34-51-33-35-53(77(78,79)80)60(40-51)105-16)68(98)92-42-48(6)38-57(92)67(97)83-76(45-75(8,9)46-76)74(104)89(15)65(52-26-23-24-27-52)73(103)88(14)58(70(100)90(19-3)20-4)41-62(94)86(12)55(18-2)66(96)82-64/h21-22,47-60,64-65H,17-20,23-46H2,1-16H3,(H,81,93)(H,82,96)(H,83,97)/b22-21-/t47?,48-,49+,50?,51?,53?,54+,55+,56+,57+,58+,59+,60?,64+,65+/m1/s1. The molecule has 13 atom stereocenters.